The Kier molecular flexibility index (Phi) is 5.06. The molecular formula is C21H24F3N5. The SMILES string of the molecule is Cc1cc(C[C@H]2CCN(C(C)c3cnc4nc(C)[nH]c4c3)C2)cc(C(F)(F)F)n1. The minimum absolute atomic E-state index is 0.186. The topological polar surface area (TPSA) is 57.7 Å². The summed E-state index contributed by atoms with van der Waals surface area (Å²) in [7, 11) is 0. The summed E-state index contributed by atoms with van der Waals surface area (Å²) in [4.78, 5) is 18.0. The van der Waals surface area contributed by atoms with E-state index in [1.165, 1.54) is 6.07 Å². The van der Waals surface area contributed by atoms with Crippen LogP contribution in [0.2, 0.25) is 0 Å². The molecule has 0 radical (unpaired) electrons. The lowest BCUT2D eigenvalue weighted by molar-refractivity contribution is -0.141. The quantitative estimate of drug-likeness (QED) is 0.691. The molecule has 1 unspecified atom stereocenters. The summed E-state index contributed by atoms with van der Waals surface area (Å²) in [5.41, 5.74) is 3.07. The van der Waals surface area contributed by atoms with Crippen LogP contribution in [0.15, 0.2) is 24.4 Å². The number of rotatable bonds is 4. The smallest absolute Gasteiger partial charge is 0.341 e. The number of hydrogen-bond acceptors (Lipinski definition) is 4. The largest absolute Gasteiger partial charge is 0.433 e. The predicted molar refractivity (Wildman–Crippen MR) is 104 cm³/mol. The van der Waals surface area contributed by atoms with Crippen molar-refractivity contribution in [3.8, 4) is 0 Å². The molecule has 1 N–H and O–H groups in total. The van der Waals surface area contributed by atoms with E-state index in [4.69, 9.17) is 0 Å². The van der Waals surface area contributed by atoms with Crippen LogP contribution in [0.4, 0.5) is 13.2 Å². The molecule has 0 aromatic carbocycles. The van der Waals surface area contributed by atoms with E-state index in [0.717, 1.165) is 36.4 Å². The summed E-state index contributed by atoms with van der Waals surface area (Å²) < 4.78 is 39.1. The highest BCUT2D eigenvalue weighted by Gasteiger charge is 2.33. The number of imidazole rings is 1. The van der Waals surface area contributed by atoms with Gasteiger partial charge >= 0.3 is 6.18 Å². The van der Waals surface area contributed by atoms with Crippen molar-refractivity contribution in [3.05, 3.63) is 52.7 Å². The molecule has 0 saturated carbocycles. The van der Waals surface area contributed by atoms with Crippen LogP contribution in [-0.2, 0) is 12.6 Å². The van der Waals surface area contributed by atoms with E-state index in [9.17, 15) is 13.2 Å². The first-order valence-corrected chi connectivity index (χ1v) is 9.80. The van der Waals surface area contributed by atoms with Gasteiger partial charge in [0.05, 0.1) is 5.52 Å². The molecule has 3 aromatic rings. The molecule has 1 aliphatic heterocycles. The molecule has 1 aliphatic rings. The maximum absolute atomic E-state index is 13.0. The molecule has 1 fully saturated rings. The summed E-state index contributed by atoms with van der Waals surface area (Å²) in [5.74, 6) is 1.16. The van der Waals surface area contributed by atoms with Crippen LogP contribution in [-0.4, -0.2) is 37.9 Å². The van der Waals surface area contributed by atoms with Crippen LogP contribution >= 0.6 is 0 Å². The number of halogens is 3. The zero-order valence-corrected chi connectivity index (χ0v) is 16.7. The molecule has 8 heteroatoms. The molecule has 154 valence electrons. The number of pyridine rings is 2. The van der Waals surface area contributed by atoms with Gasteiger partial charge in [0.25, 0.3) is 0 Å². The number of nitrogens with zero attached hydrogens (tertiary/aromatic N) is 4. The molecule has 2 atom stereocenters. The molecule has 4 heterocycles. The Morgan fingerprint density at radius 3 is 2.76 bits per heavy atom. The van der Waals surface area contributed by atoms with Gasteiger partial charge in [-0.2, -0.15) is 13.2 Å². The van der Waals surface area contributed by atoms with Gasteiger partial charge in [0.2, 0.25) is 0 Å². The van der Waals surface area contributed by atoms with E-state index in [-0.39, 0.29) is 6.04 Å². The average Bonchev–Trinajstić information content (AvgIpc) is 3.24. The normalized spacial score (nSPS) is 19.2. The van der Waals surface area contributed by atoms with Crippen molar-refractivity contribution < 1.29 is 13.2 Å². The molecular weight excluding hydrogens is 379 g/mol. The van der Waals surface area contributed by atoms with Gasteiger partial charge in [0.1, 0.15) is 11.5 Å². The van der Waals surface area contributed by atoms with Gasteiger partial charge in [-0.1, -0.05) is 0 Å². The summed E-state index contributed by atoms with van der Waals surface area (Å²) in [6, 6.07) is 5.23. The highest BCUT2D eigenvalue weighted by molar-refractivity contribution is 5.71. The van der Waals surface area contributed by atoms with Crippen molar-refractivity contribution in [3.63, 3.8) is 0 Å². The van der Waals surface area contributed by atoms with Gasteiger partial charge in [-0.3, -0.25) is 4.90 Å². The number of H-pyrrole nitrogens is 1. The Bertz CT molecular complexity index is 1030. The van der Waals surface area contributed by atoms with E-state index >= 15 is 0 Å². The fourth-order valence-electron chi connectivity index (χ4n) is 4.19. The van der Waals surface area contributed by atoms with Gasteiger partial charge in [-0.05, 0) is 75.4 Å². The second kappa shape index (κ2) is 7.40. The minimum atomic E-state index is -4.41. The number of fused-ring (bicyclic) bond motifs is 1. The second-order valence-electron chi connectivity index (χ2n) is 7.99. The number of nitrogens with one attached hydrogen (secondary N) is 1. The van der Waals surface area contributed by atoms with Gasteiger partial charge in [-0.15, -0.1) is 0 Å². The number of hydrogen-bond donors (Lipinski definition) is 1. The lowest BCUT2D eigenvalue weighted by Gasteiger charge is -2.24. The standard InChI is InChI=1S/C21H24F3N5/c1-12-6-16(8-19(26-12)21(22,23)24)7-15-4-5-29(11-15)13(2)17-9-18-20(25-10-17)28-14(3)27-18/h6,8-10,13,15H,4-5,7,11H2,1-3H3,(H,25,27,28)/t13?,15-/m1/s1. The zero-order chi connectivity index (χ0) is 20.8. The van der Waals surface area contributed by atoms with E-state index in [1.54, 1.807) is 13.0 Å². The molecule has 0 aliphatic carbocycles. The van der Waals surface area contributed by atoms with Crippen LogP contribution in [0.25, 0.3) is 11.2 Å². The van der Waals surface area contributed by atoms with E-state index in [2.05, 4.69) is 37.8 Å². The first-order chi connectivity index (χ1) is 13.7. The predicted octanol–water partition coefficient (Wildman–Crippen LogP) is 4.61. The van der Waals surface area contributed by atoms with E-state index < -0.39 is 11.9 Å². The van der Waals surface area contributed by atoms with Crippen molar-refractivity contribution in [2.45, 2.75) is 45.8 Å². The molecule has 3 aromatic heterocycles. The molecule has 5 nitrogen and oxygen atoms in total. The van der Waals surface area contributed by atoms with Crippen molar-refractivity contribution in [1.29, 1.82) is 0 Å². The van der Waals surface area contributed by atoms with Crippen molar-refractivity contribution in [1.82, 2.24) is 24.8 Å². The van der Waals surface area contributed by atoms with Crippen LogP contribution < -0.4 is 0 Å². The number of aryl methyl sites for hydroxylation is 2. The maximum Gasteiger partial charge on any atom is 0.433 e. The molecule has 0 bridgehead atoms. The highest BCUT2D eigenvalue weighted by atomic mass is 19.4. The first-order valence-electron chi connectivity index (χ1n) is 9.80. The highest BCUT2D eigenvalue weighted by Crippen LogP contribution is 2.32. The van der Waals surface area contributed by atoms with Gasteiger partial charge in [-0.25, -0.2) is 15.0 Å². The Morgan fingerprint density at radius 1 is 1.21 bits per heavy atom. The number of aromatic nitrogens is 4. The van der Waals surface area contributed by atoms with E-state index in [1.807, 2.05) is 13.1 Å². The number of likely N-dealkylation sites (tertiary alicyclic amines) is 1. The summed E-state index contributed by atoms with van der Waals surface area (Å²) >= 11 is 0. The van der Waals surface area contributed by atoms with Crippen molar-refractivity contribution >= 4 is 11.2 Å². The van der Waals surface area contributed by atoms with Gasteiger partial charge in [0.15, 0.2) is 5.65 Å². The second-order valence-corrected chi connectivity index (χ2v) is 7.99. The number of alkyl halides is 3. The van der Waals surface area contributed by atoms with Crippen LogP contribution in [0.1, 0.15) is 47.7 Å². The third kappa shape index (κ3) is 4.27. The molecule has 0 amide bonds. The first kappa shape index (κ1) is 19.8. The fraction of sp³-hybridized carbons (Fsp3) is 0.476. The van der Waals surface area contributed by atoms with Crippen LogP contribution in [0.3, 0.4) is 0 Å². The summed E-state index contributed by atoms with van der Waals surface area (Å²) in [6.45, 7) is 7.43. The minimum Gasteiger partial charge on any atom is -0.341 e. The van der Waals surface area contributed by atoms with Gasteiger partial charge in [0, 0.05) is 24.5 Å². The monoisotopic (exact) mass is 403 g/mol. The lowest BCUT2D eigenvalue weighted by Crippen LogP contribution is -2.25. The van der Waals surface area contributed by atoms with Crippen molar-refractivity contribution in [2.24, 2.45) is 5.92 Å². The molecule has 29 heavy (non-hydrogen) atoms. The summed E-state index contributed by atoms with van der Waals surface area (Å²) in [5, 5.41) is 0. The fourth-order valence-corrected chi connectivity index (χ4v) is 4.19. The molecule has 4 rings (SSSR count). The Balaban J connectivity index is 1.45. The van der Waals surface area contributed by atoms with Crippen LogP contribution in [0, 0.1) is 19.8 Å². The molecule has 0 spiro atoms. The third-order valence-corrected chi connectivity index (χ3v) is 5.65. The van der Waals surface area contributed by atoms with Gasteiger partial charge < -0.3 is 4.98 Å². The van der Waals surface area contributed by atoms with Crippen LogP contribution in [0.5, 0.6) is 0 Å². The molecule has 1 saturated heterocycles. The van der Waals surface area contributed by atoms with Crippen molar-refractivity contribution in [2.75, 3.05) is 13.1 Å². The maximum atomic E-state index is 13.0. The Hall–Kier alpha value is -2.48. The van der Waals surface area contributed by atoms with E-state index in [0.29, 0.717) is 29.2 Å². The third-order valence-electron chi connectivity index (χ3n) is 5.65. The Labute approximate surface area is 167 Å². The number of aromatic amines is 1. The lowest BCUT2D eigenvalue weighted by atomic mass is 9.98. The summed E-state index contributed by atoms with van der Waals surface area (Å²) in [6.07, 6.45) is -0.950. The Morgan fingerprint density at radius 2 is 2.00 bits per heavy atom. The zero-order valence-electron chi connectivity index (χ0n) is 16.7. The average molecular weight is 403 g/mol.